The first-order valence-corrected chi connectivity index (χ1v) is 12.1. The number of carbonyl (C=O) groups excluding carboxylic acids is 1. The van der Waals surface area contributed by atoms with Crippen LogP contribution in [0.1, 0.15) is 18.4 Å². The summed E-state index contributed by atoms with van der Waals surface area (Å²) >= 11 is 7.60. The van der Waals surface area contributed by atoms with Gasteiger partial charge >= 0.3 is 0 Å². The normalized spacial score (nSPS) is 14.5. The fraction of sp³-hybridized carbons (Fsp3) is 0.240. The number of anilines is 2. The van der Waals surface area contributed by atoms with Gasteiger partial charge in [-0.15, -0.1) is 11.3 Å². The van der Waals surface area contributed by atoms with E-state index in [0.29, 0.717) is 52.8 Å². The second-order valence-electron chi connectivity index (χ2n) is 8.24. The molecule has 2 aromatic heterocycles. The smallest absolute Gasteiger partial charge is 0.277 e. The average molecular weight is 479 g/mol. The Kier molecular flexibility index (Phi) is 5.91. The van der Waals surface area contributed by atoms with E-state index in [1.165, 1.54) is 11.3 Å². The molecule has 2 aromatic carbocycles. The molecule has 0 unspecified atom stereocenters. The van der Waals surface area contributed by atoms with Crippen LogP contribution in [0.2, 0.25) is 5.02 Å². The summed E-state index contributed by atoms with van der Waals surface area (Å²) in [6.07, 6.45) is 1.36. The van der Waals surface area contributed by atoms with Crippen LogP contribution in [0.5, 0.6) is 0 Å². The van der Waals surface area contributed by atoms with Crippen molar-refractivity contribution in [1.29, 1.82) is 0 Å². The van der Waals surface area contributed by atoms with Crippen molar-refractivity contribution in [3.05, 3.63) is 80.9 Å². The van der Waals surface area contributed by atoms with E-state index in [0.717, 1.165) is 11.3 Å². The molecular weight excluding hydrogens is 456 g/mol. The number of halogens is 1. The third-order valence-corrected chi connectivity index (χ3v) is 7.36. The fourth-order valence-electron chi connectivity index (χ4n) is 4.18. The van der Waals surface area contributed by atoms with Crippen LogP contribution in [0.3, 0.4) is 0 Å². The van der Waals surface area contributed by atoms with Crippen molar-refractivity contribution in [2.45, 2.75) is 19.8 Å². The Labute approximate surface area is 200 Å². The van der Waals surface area contributed by atoms with Crippen molar-refractivity contribution in [3.63, 3.8) is 0 Å². The van der Waals surface area contributed by atoms with E-state index >= 15 is 0 Å². The van der Waals surface area contributed by atoms with Crippen molar-refractivity contribution < 1.29 is 4.79 Å². The summed E-state index contributed by atoms with van der Waals surface area (Å²) in [5.74, 6) is 0.514. The molecule has 0 aliphatic carbocycles. The number of aromatic nitrogens is 2. The lowest BCUT2D eigenvalue weighted by Crippen LogP contribution is -2.41. The topological polar surface area (TPSA) is 67.2 Å². The number of para-hydroxylation sites is 1. The molecule has 0 atom stereocenters. The first-order valence-electron chi connectivity index (χ1n) is 10.9. The van der Waals surface area contributed by atoms with Gasteiger partial charge in [-0.25, -0.2) is 9.55 Å². The summed E-state index contributed by atoms with van der Waals surface area (Å²) < 4.78 is 2.33. The Morgan fingerprint density at radius 3 is 2.61 bits per heavy atom. The predicted molar refractivity (Wildman–Crippen MR) is 135 cm³/mol. The highest BCUT2D eigenvalue weighted by Gasteiger charge is 2.28. The van der Waals surface area contributed by atoms with Gasteiger partial charge in [0.15, 0.2) is 0 Å². The van der Waals surface area contributed by atoms with Crippen LogP contribution >= 0.6 is 22.9 Å². The maximum atomic E-state index is 13.3. The van der Waals surface area contributed by atoms with Gasteiger partial charge in [-0.2, -0.15) is 0 Å². The first-order chi connectivity index (χ1) is 16.0. The number of nitrogens with one attached hydrogen (secondary N) is 1. The van der Waals surface area contributed by atoms with Gasteiger partial charge in [-0.3, -0.25) is 9.59 Å². The zero-order valence-electron chi connectivity index (χ0n) is 18.1. The molecule has 33 heavy (non-hydrogen) atoms. The van der Waals surface area contributed by atoms with Crippen molar-refractivity contribution >= 4 is 50.7 Å². The number of thiophene rings is 1. The molecule has 1 saturated heterocycles. The summed E-state index contributed by atoms with van der Waals surface area (Å²) in [7, 11) is 0. The Hall–Kier alpha value is -3.16. The van der Waals surface area contributed by atoms with E-state index in [9.17, 15) is 9.59 Å². The summed E-state index contributed by atoms with van der Waals surface area (Å²) in [6.45, 7) is 3.21. The molecule has 0 bridgehead atoms. The summed E-state index contributed by atoms with van der Waals surface area (Å²) in [5.41, 5.74) is 3.12. The Morgan fingerprint density at radius 2 is 1.88 bits per heavy atom. The van der Waals surface area contributed by atoms with E-state index in [1.807, 2.05) is 60.8 Å². The van der Waals surface area contributed by atoms with Gasteiger partial charge in [-0.1, -0.05) is 35.9 Å². The molecule has 1 aliphatic heterocycles. The summed E-state index contributed by atoms with van der Waals surface area (Å²) in [6, 6.07) is 17.0. The number of benzene rings is 2. The highest BCUT2D eigenvalue weighted by atomic mass is 35.5. The third kappa shape index (κ3) is 4.26. The minimum atomic E-state index is -0.108. The zero-order valence-corrected chi connectivity index (χ0v) is 19.7. The van der Waals surface area contributed by atoms with Crippen LogP contribution < -0.4 is 15.8 Å². The standard InChI is InChI=1S/C25H23ClN4O2S/c1-16-7-8-18(15-20(16)26)27-23(31)17-9-12-29(13-10-17)25-28-21-11-14-33-22(21)24(32)30(25)19-5-3-2-4-6-19/h2-8,11,14-15,17H,9-10,12-13H2,1H3,(H,27,31). The van der Waals surface area contributed by atoms with E-state index in [4.69, 9.17) is 16.6 Å². The average Bonchev–Trinajstić information content (AvgIpc) is 3.31. The highest BCUT2D eigenvalue weighted by Crippen LogP contribution is 2.27. The van der Waals surface area contributed by atoms with Crippen LogP contribution in [0, 0.1) is 12.8 Å². The van der Waals surface area contributed by atoms with Gasteiger partial charge in [0, 0.05) is 29.7 Å². The fourth-order valence-corrected chi connectivity index (χ4v) is 5.12. The Balaban J connectivity index is 1.38. The van der Waals surface area contributed by atoms with Crippen molar-refractivity contribution in [1.82, 2.24) is 9.55 Å². The van der Waals surface area contributed by atoms with E-state index in [1.54, 1.807) is 10.6 Å². The van der Waals surface area contributed by atoms with Crippen molar-refractivity contribution in [3.8, 4) is 5.69 Å². The largest absolute Gasteiger partial charge is 0.342 e. The molecule has 0 radical (unpaired) electrons. The molecule has 5 rings (SSSR count). The Morgan fingerprint density at radius 1 is 1.12 bits per heavy atom. The van der Waals surface area contributed by atoms with Crippen LogP contribution in [-0.4, -0.2) is 28.5 Å². The molecule has 1 fully saturated rings. The zero-order chi connectivity index (χ0) is 22.9. The highest BCUT2D eigenvalue weighted by molar-refractivity contribution is 7.17. The lowest BCUT2D eigenvalue weighted by atomic mass is 9.96. The molecule has 0 saturated carbocycles. The quantitative estimate of drug-likeness (QED) is 0.434. The number of fused-ring (bicyclic) bond motifs is 1. The van der Waals surface area contributed by atoms with E-state index < -0.39 is 0 Å². The first kappa shape index (κ1) is 21.7. The monoisotopic (exact) mass is 478 g/mol. The number of hydrogen-bond acceptors (Lipinski definition) is 5. The second kappa shape index (κ2) is 9.00. The molecule has 6 nitrogen and oxygen atoms in total. The molecule has 4 aromatic rings. The van der Waals surface area contributed by atoms with E-state index in [-0.39, 0.29) is 17.4 Å². The molecule has 168 valence electrons. The molecule has 8 heteroatoms. The van der Waals surface area contributed by atoms with Crippen molar-refractivity contribution in [2.75, 3.05) is 23.3 Å². The number of carbonyl (C=O) groups is 1. The summed E-state index contributed by atoms with van der Waals surface area (Å²) in [5, 5.41) is 5.52. The Bertz CT molecular complexity index is 1370. The van der Waals surface area contributed by atoms with Crippen molar-refractivity contribution in [2.24, 2.45) is 5.92 Å². The van der Waals surface area contributed by atoms with Crippen LogP contribution in [0.4, 0.5) is 11.6 Å². The van der Waals surface area contributed by atoms with E-state index in [2.05, 4.69) is 10.2 Å². The van der Waals surface area contributed by atoms with Gasteiger partial charge in [-0.05, 0) is 61.0 Å². The third-order valence-electron chi connectivity index (χ3n) is 6.06. The van der Waals surface area contributed by atoms with Crippen LogP contribution in [0.15, 0.2) is 64.8 Å². The SMILES string of the molecule is Cc1ccc(NC(=O)C2CCN(c3nc4ccsc4c(=O)n3-c3ccccc3)CC2)cc1Cl. The summed E-state index contributed by atoms with van der Waals surface area (Å²) in [4.78, 5) is 33.1. The van der Waals surface area contributed by atoms with Gasteiger partial charge in [0.05, 0.1) is 11.2 Å². The second-order valence-corrected chi connectivity index (χ2v) is 9.56. The number of hydrogen-bond donors (Lipinski definition) is 1. The van der Waals surface area contributed by atoms with Gasteiger partial charge in [0.25, 0.3) is 5.56 Å². The maximum Gasteiger partial charge on any atom is 0.277 e. The molecule has 1 N–H and O–H groups in total. The minimum absolute atomic E-state index is 0.00346. The molecule has 3 heterocycles. The van der Waals surface area contributed by atoms with Crippen LogP contribution in [0.25, 0.3) is 15.9 Å². The lowest BCUT2D eigenvalue weighted by Gasteiger charge is -2.33. The predicted octanol–water partition coefficient (Wildman–Crippen LogP) is 5.26. The molecule has 1 amide bonds. The lowest BCUT2D eigenvalue weighted by molar-refractivity contribution is -0.120. The maximum absolute atomic E-state index is 13.3. The number of piperidine rings is 1. The van der Waals surface area contributed by atoms with Gasteiger partial charge in [0.2, 0.25) is 11.9 Å². The van der Waals surface area contributed by atoms with Gasteiger partial charge < -0.3 is 10.2 Å². The van der Waals surface area contributed by atoms with Crippen LogP contribution in [-0.2, 0) is 4.79 Å². The van der Waals surface area contributed by atoms with Gasteiger partial charge in [0.1, 0.15) is 4.70 Å². The number of rotatable bonds is 4. The molecule has 0 spiro atoms. The number of nitrogens with zero attached hydrogens (tertiary/aromatic N) is 3. The molecule has 1 aliphatic rings. The number of amides is 1. The minimum Gasteiger partial charge on any atom is -0.342 e. The molecular formula is C25H23ClN4O2S. The number of aryl methyl sites for hydroxylation is 1.